The SMILES string of the molecule is O=C(O)C(Cc1ccccc1Cl)CC1CCCC1. The van der Waals surface area contributed by atoms with Crippen LogP contribution in [0.3, 0.4) is 0 Å². The van der Waals surface area contributed by atoms with Gasteiger partial charge in [-0.25, -0.2) is 0 Å². The van der Waals surface area contributed by atoms with Gasteiger partial charge in [-0.3, -0.25) is 4.79 Å². The van der Waals surface area contributed by atoms with Gasteiger partial charge in [0.15, 0.2) is 0 Å². The average molecular weight is 267 g/mol. The van der Waals surface area contributed by atoms with Crippen LogP contribution < -0.4 is 0 Å². The van der Waals surface area contributed by atoms with Crippen LogP contribution in [0, 0.1) is 11.8 Å². The molecule has 1 unspecified atom stereocenters. The van der Waals surface area contributed by atoms with Crippen molar-refractivity contribution in [1.29, 1.82) is 0 Å². The lowest BCUT2D eigenvalue weighted by molar-refractivity contribution is -0.142. The normalized spacial score (nSPS) is 17.8. The molecule has 1 aliphatic rings. The zero-order valence-electron chi connectivity index (χ0n) is 10.4. The third kappa shape index (κ3) is 3.49. The molecule has 3 heteroatoms. The van der Waals surface area contributed by atoms with Gasteiger partial charge in [0, 0.05) is 5.02 Å². The maximum Gasteiger partial charge on any atom is 0.306 e. The maximum absolute atomic E-state index is 11.4. The number of hydrogen-bond donors (Lipinski definition) is 1. The van der Waals surface area contributed by atoms with Crippen LogP contribution in [-0.4, -0.2) is 11.1 Å². The summed E-state index contributed by atoms with van der Waals surface area (Å²) in [7, 11) is 0. The van der Waals surface area contributed by atoms with Gasteiger partial charge < -0.3 is 5.11 Å². The van der Waals surface area contributed by atoms with Gasteiger partial charge in [0.1, 0.15) is 0 Å². The Labute approximate surface area is 113 Å². The number of rotatable bonds is 5. The summed E-state index contributed by atoms with van der Waals surface area (Å²) in [4.78, 5) is 11.4. The minimum atomic E-state index is -0.693. The predicted molar refractivity (Wildman–Crippen MR) is 72.9 cm³/mol. The Balaban J connectivity index is 2.02. The molecule has 0 bridgehead atoms. The Kier molecular flexibility index (Phi) is 4.65. The fourth-order valence-electron chi connectivity index (χ4n) is 2.85. The first-order valence-electron chi connectivity index (χ1n) is 6.63. The second kappa shape index (κ2) is 6.24. The first-order valence-corrected chi connectivity index (χ1v) is 7.01. The van der Waals surface area contributed by atoms with Crippen LogP contribution in [0.5, 0.6) is 0 Å². The van der Waals surface area contributed by atoms with Gasteiger partial charge in [-0.2, -0.15) is 0 Å². The first kappa shape index (κ1) is 13.4. The van der Waals surface area contributed by atoms with Gasteiger partial charge in [-0.05, 0) is 30.4 Å². The van der Waals surface area contributed by atoms with Crippen LogP contribution in [0.1, 0.15) is 37.7 Å². The second-order valence-electron chi connectivity index (χ2n) is 5.22. The molecule has 1 aromatic rings. The molecule has 1 aliphatic carbocycles. The maximum atomic E-state index is 11.4. The van der Waals surface area contributed by atoms with Crippen molar-refractivity contribution in [1.82, 2.24) is 0 Å². The largest absolute Gasteiger partial charge is 0.481 e. The van der Waals surface area contributed by atoms with E-state index in [-0.39, 0.29) is 5.92 Å². The molecule has 0 saturated heterocycles. The summed E-state index contributed by atoms with van der Waals surface area (Å²) in [5.41, 5.74) is 0.949. The zero-order valence-corrected chi connectivity index (χ0v) is 11.2. The number of carboxylic acid groups (broad SMARTS) is 1. The van der Waals surface area contributed by atoms with Gasteiger partial charge >= 0.3 is 5.97 Å². The van der Waals surface area contributed by atoms with E-state index in [0.717, 1.165) is 12.0 Å². The molecule has 1 aromatic carbocycles. The van der Waals surface area contributed by atoms with Crippen molar-refractivity contribution in [2.45, 2.75) is 38.5 Å². The van der Waals surface area contributed by atoms with Crippen molar-refractivity contribution in [3.05, 3.63) is 34.9 Å². The number of carbonyl (C=O) groups is 1. The summed E-state index contributed by atoms with van der Waals surface area (Å²) in [5.74, 6) is -0.400. The Morgan fingerprint density at radius 1 is 1.33 bits per heavy atom. The van der Waals surface area contributed by atoms with E-state index in [1.807, 2.05) is 24.3 Å². The molecule has 2 nitrogen and oxygen atoms in total. The van der Waals surface area contributed by atoms with Crippen LogP contribution in [0.25, 0.3) is 0 Å². The topological polar surface area (TPSA) is 37.3 Å². The van der Waals surface area contributed by atoms with Crippen LogP contribution in [0.15, 0.2) is 24.3 Å². The number of carboxylic acids is 1. The first-order chi connectivity index (χ1) is 8.66. The summed E-state index contributed by atoms with van der Waals surface area (Å²) in [6, 6.07) is 7.53. The molecule has 1 fully saturated rings. The fourth-order valence-corrected chi connectivity index (χ4v) is 3.06. The number of aliphatic carboxylic acids is 1. The van der Waals surface area contributed by atoms with E-state index in [4.69, 9.17) is 11.6 Å². The van der Waals surface area contributed by atoms with Crippen molar-refractivity contribution in [3.8, 4) is 0 Å². The van der Waals surface area contributed by atoms with E-state index >= 15 is 0 Å². The standard InChI is InChI=1S/C15H19ClO2/c16-14-8-4-3-7-12(14)10-13(15(17)18)9-11-5-1-2-6-11/h3-4,7-8,11,13H,1-2,5-6,9-10H2,(H,17,18). The Hall–Kier alpha value is -1.02. The van der Waals surface area contributed by atoms with Gasteiger partial charge in [0.2, 0.25) is 0 Å². The average Bonchev–Trinajstić information content (AvgIpc) is 2.83. The van der Waals surface area contributed by atoms with Gasteiger partial charge in [-0.1, -0.05) is 55.5 Å². The third-order valence-corrected chi connectivity index (χ3v) is 4.23. The van der Waals surface area contributed by atoms with E-state index in [9.17, 15) is 9.90 Å². The Morgan fingerprint density at radius 3 is 2.61 bits per heavy atom. The predicted octanol–water partition coefficient (Wildman–Crippen LogP) is 4.16. The molecule has 0 radical (unpaired) electrons. The zero-order chi connectivity index (χ0) is 13.0. The van der Waals surface area contributed by atoms with E-state index in [0.29, 0.717) is 17.4 Å². The third-order valence-electron chi connectivity index (χ3n) is 3.87. The van der Waals surface area contributed by atoms with Crippen LogP contribution in [-0.2, 0) is 11.2 Å². The fraction of sp³-hybridized carbons (Fsp3) is 0.533. The molecule has 0 amide bonds. The van der Waals surface area contributed by atoms with Crippen LogP contribution >= 0.6 is 11.6 Å². The Morgan fingerprint density at radius 2 is 2.00 bits per heavy atom. The molecule has 18 heavy (non-hydrogen) atoms. The number of benzene rings is 1. The van der Waals surface area contributed by atoms with Crippen LogP contribution in [0.2, 0.25) is 5.02 Å². The molecule has 2 rings (SSSR count). The van der Waals surface area contributed by atoms with Crippen molar-refractivity contribution >= 4 is 17.6 Å². The molecule has 1 saturated carbocycles. The highest BCUT2D eigenvalue weighted by Crippen LogP contribution is 2.32. The summed E-state index contributed by atoms with van der Waals surface area (Å²) in [6.45, 7) is 0. The highest BCUT2D eigenvalue weighted by Gasteiger charge is 2.25. The lowest BCUT2D eigenvalue weighted by Crippen LogP contribution is -2.19. The lowest BCUT2D eigenvalue weighted by atomic mass is 9.88. The van der Waals surface area contributed by atoms with E-state index in [2.05, 4.69) is 0 Å². The second-order valence-corrected chi connectivity index (χ2v) is 5.62. The van der Waals surface area contributed by atoms with E-state index < -0.39 is 5.97 Å². The molecule has 0 spiro atoms. The summed E-state index contributed by atoms with van der Waals surface area (Å²) in [6.07, 6.45) is 6.22. The van der Waals surface area contributed by atoms with Gasteiger partial charge in [0.25, 0.3) is 0 Å². The van der Waals surface area contributed by atoms with Gasteiger partial charge in [-0.15, -0.1) is 0 Å². The lowest BCUT2D eigenvalue weighted by Gasteiger charge is -2.17. The quantitative estimate of drug-likeness (QED) is 0.869. The van der Waals surface area contributed by atoms with Gasteiger partial charge in [0.05, 0.1) is 5.92 Å². The minimum Gasteiger partial charge on any atom is -0.481 e. The van der Waals surface area contributed by atoms with E-state index in [1.54, 1.807) is 0 Å². The minimum absolute atomic E-state index is 0.298. The van der Waals surface area contributed by atoms with Crippen LogP contribution in [0.4, 0.5) is 0 Å². The molecule has 98 valence electrons. The smallest absolute Gasteiger partial charge is 0.306 e. The summed E-state index contributed by atoms with van der Waals surface area (Å²) in [5, 5.41) is 10.0. The molecule has 1 N–H and O–H groups in total. The summed E-state index contributed by atoms with van der Waals surface area (Å²) >= 11 is 6.10. The molecular weight excluding hydrogens is 248 g/mol. The monoisotopic (exact) mass is 266 g/mol. The molecule has 0 aliphatic heterocycles. The number of hydrogen-bond acceptors (Lipinski definition) is 1. The molecule has 0 heterocycles. The highest BCUT2D eigenvalue weighted by atomic mass is 35.5. The van der Waals surface area contributed by atoms with E-state index in [1.165, 1.54) is 25.7 Å². The van der Waals surface area contributed by atoms with Crippen molar-refractivity contribution in [2.75, 3.05) is 0 Å². The molecule has 1 atom stereocenters. The Bertz CT molecular complexity index is 411. The summed E-state index contributed by atoms with van der Waals surface area (Å²) < 4.78 is 0. The number of halogens is 1. The van der Waals surface area contributed by atoms with Crippen molar-refractivity contribution in [2.24, 2.45) is 11.8 Å². The molecular formula is C15H19ClO2. The van der Waals surface area contributed by atoms with Crippen molar-refractivity contribution < 1.29 is 9.90 Å². The highest BCUT2D eigenvalue weighted by molar-refractivity contribution is 6.31. The van der Waals surface area contributed by atoms with Crippen molar-refractivity contribution in [3.63, 3.8) is 0 Å². The molecule has 0 aromatic heterocycles.